The Morgan fingerprint density at radius 1 is 1.05 bits per heavy atom. The molecule has 3 rings (SSSR count). The molecule has 0 aliphatic heterocycles. The van der Waals surface area contributed by atoms with Crippen molar-refractivity contribution in [2.24, 2.45) is 0 Å². The summed E-state index contributed by atoms with van der Waals surface area (Å²) < 4.78 is 3.16. The Hall–Kier alpha value is -2.84. The van der Waals surface area contributed by atoms with Gasteiger partial charge in [0.1, 0.15) is 19.0 Å². The van der Waals surface area contributed by atoms with Gasteiger partial charge in [-0.3, -0.25) is 4.57 Å². The highest BCUT2D eigenvalue weighted by molar-refractivity contribution is 5.30. The molecule has 0 fully saturated rings. The van der Waals surface area contributed by atoms with Crippen molar-refractivity contribution in [3.05, 3.63) is 30.4 Å². The molecule has 2 N–H and O–H groups in total. The maximum absolute atomic E-state index is 5.70. The summed E-state index contributed by atoms with van der Waals surface area (Å²) in [6, 6.07) is 0. The quantitative estimate of drug-likeness (QED) is 0.678. The van der Waals surface area contributed by atoms with Crippen LogP contribution in [0.1, 0.15) is 11.4 Å². The number of rotatable bonds is 2. The lowest BCUT2D eigenvalue weighted by Crippen LogP contribution is -2.11. The van der Waals surface area contributed by atoms with Crippen LogP contribution in [0.2, 0.25) is 0 Å². The van der Waals surface area contributed by atoms with Crippen molar-refractivity contribution >= 4 is 5.95 Å². The van der Waals surface area contributed by atoms with Crippen molar-refractivity contribution in [2.45, 2.75) is 13.8 Å². The van der Waals surface area contributed by atoms with Crippen molar-refractivity contribution in [3.8, 4) is 11.9 Å². The Bertz CT molecular complexity index is 713. The van der Waals surface area contributed by atoms with Gasteiger partial charge in [-0.05, 0) is 13.8 Å². The fraction of sp³-hybridized carbons (Fsp3) is 0.200. The fourth-order valence-electron chi connectivity index (χ4n) is 1.59. The molecule has 3 aromatic heterocycles. The highest BCUT2D eigenvalue weighted by Gasteiger charge is 2.11. The Labute approximate surface area is 108 Å². The smallest absolute Gasteiger partial charge is 0.258 e. The molecular formula is C10H11N9. The second-order valence-electron chi connectivity index (χ2n) is 3.92. The number of nitrogens with zero attached hydrogens (tertiary/aromatic N) is 8. The van der Waals surface area contributed by atoms with E-state index in [0.29, 0.717) is 11.9 Å². The van der Waals surface area contributed by atoms with Crippen LogP contribution in [0.4, 0.5) is 5.95 Å². The molecule has 0 bridgehead atoms. The van der Waals surface area contributed by atoms with E-state index in [1.54, 1.807) is 10.9 Å². The molecule has 0 aromatic carbocycles. The molecule has 0 unspecified atom stereocenters. The molecule has 0 amide bonds. The molecule has 0 radical (unpaired) electrons. The zero-order chi connectivity index (χ0) is 13.4. The van der Waals surface area contributed by atoms with Gasteiger partial charge in [0.2, 0.25) is 11.9 Å². The molecule has 0 saturated heterocycles. The third kappa shape index (κ3) is 1.90. The van der Waals surface area contributed by atoms with Crippen LogP contribution in [0.15, 0.2) is 19.0 Å². The summed E-state index contributed by atoms with van der Waals surface area (Å²) in [4.78, 5) is 20.5. The van der Waals surface area contributed by atoms with Gasteiger partial charge in [-0.2, -0.15) is 24.7 Å². The van der Waals surface area contributed by atoms with Crippen LogP contribution >= 0.6 is 0 Å². The number of nitrogens with two attached hydrogens (primary N) is 1. The first-order chi connectivity index (χ1) is 9.15. The van der Waals surface area contributed by atoms with E-state index in [-0.39, 0.29) is 5.95 Å². The van der Waals surface area contributed by atoms with E-state index >= 15 is 0 Å². The Kier molecular flexibility index (Phi) is 2.44. The minimum atomic E-state index is 0.112. The molecule has 9 nitrogen and oxygen atoms in total. The van der Waals surface area contributed by atoms with Crippen LogP contribution in [-0.4, -0.2) is 39.3 Å². The van der Waals surface area contributed by atoms with Gasteiger partial charge < -0.3 is 5.73 Å². The van der Waals surface area contributed by atoms with E-state index < -0.39 is 0 Å². The molecule has 96 valence electrons. The highest BCUT2D eigenvalue weighted by Crippen LogP contribution is 2.11. The molecule has 3 heterocycles. The summed E-state index contributed by atoms with van der Waals surface area (Å²) in [6.45, 7) is 3.84. The molecule has 0 spiro atoms. The number of hydrogen-bond acceptors (Lipinski definition) is 7. The van der Waals surface area contributed by atoms with Gasteiger partial charge in [-0.25, -0.2) is 9.97 Å². The Morgan fingerprint density at radius 2 is 1.84 bits per heavy atom. The predicted molar refractivity (Wildman–Crippen MR) is 65.8 cm³/mol. The number of aromatic nitrogens is 8. The standard InChI is InChI=1S/C10H11N9/c1-6-7(2)18(5-13-6)9-15-8(11)16-10(17-9)19-4-12-3-14-19/h3-5H,1-2H3,(H2,11,15,16,17). The normalized spacial score (nSPS) is 10.8. The maximum atomic E-state index is 5.70. The monoisotopic (exact) mass is 257 g/mol. The van der Waals surface area contributed by atoms with E-state index in [4.69, 9.17) is 5.73 Å². The second kappa shape index (κ2) is 4.12. The molecule has 0 atom stereocenters. The van der Waals surface area contributed by atoms with Crippen LogP contribution in [0.3, 0.4) is 0 Å². The van der Waals surface area contributed by atoms with Crippen LogP contribution in [0.5, 0.6) is 0 Å². The van der Waals surface area contributed by atoms with Gasteiger partial charge in [0.25, 0.3) is 5.95 Å². The highest BCUT2D eigenvalue weighted by atomic mass is 15.4. The van der Waals surface area contributed by atoms with Gasteiger partial charge in [0, 0.05) is 5.69 Å². The van der Waals surface area contributed by atoms with Gasteiger partial charge in [-0.15, -0.1) is 0 Å². The summed E-state index contributed by atoms with van der Waals surface area (Å²) in [6.07, 6.45) is 4.53. The van der Waals surface area contributed by atoms with Crippen molar-refractivity contribution < 1.29 is 0 Å². The van der Waals surface area contributed by atoms with Crippen LogP contribution < -0.4 is 5.73 Å². The first-order valence-electron chi connectivity index (χ1n) is 5.52. The molecule has 0 aliphatic carbocycles. The molecule has 0 aliphatic rings. The molecule has 19 heavy (non-hydrogen) atoms. The zero-order valence-electron chi connectivity index (χ0n) is 10.4. The molecular weight excluding hydrogens is 246 g/mol. The summed E-state index contributed by atoms with van der Waals surface area (Å²) in [5, 5.41) is 3.96. The Balaban J connectivity index is 2.15. The lowest BCUT2D eigenvalue weighted by molar-refractivity contribution is 0.772. The van der Waals surface area contributed by atoms with Crippen molar-refractivity contribution in [1.82, 2.24) is 39.3 Å². The van der Waals surface area contributed by atoms with Crippen LogP contribution in [0.25, 0.3) is 11.9 Å². The number of hydrogen-bond donors (Lipinski definition) is 1. The van der Waals surface area contributed by atoms with E-state index in [2.05, 4.69) is 30.0 Å². The van der Waals surface area contributed by atoms with E-state index in [1.165, 1.54) is 17.3 Å². The zero-order valence-corrected chi connectivity index (χ0v) is 10.4. The maximum Gasteiger partial charge on any atom is 0.258 e. The minimum absolute atomic E-state index is 0.112. The van der Waals surface area contributed by atoms with Gasteiger partial charge >= 0.3 is 0 Å². The lowest BCUT2D eigenvalue weighted by atomic mass is 10.4. The average Bonchev–Trinajstić information content (AvgIpc) is 3.01. The lowest BCUT2D eigenvalue weighted by Gasteiger charge is -2.06. The number of nitrogen functional groups attached to an aromatic ring is 1. The summed E-state index contributed by atoms with van der Waals surface area (Å²) >= 11 is 0. The topological polar surface area (TPSA) is 113 Å². The summed E-state index contributed by atoms with van der Waals surface area (Å²) in [5.41, 5.74) is 7.55. The average molecular weight is 257 g/mol. The third-order valence-corrected chi connectivity index (χ3v) is 2.72. The van der Waals surface area contributed by atoms with Gasteiger partial charge in [0.05, 0.1) is 5.69 Å². The number of aryl methyl sites for hydroxylation is 1. The Morgan fingerprint density at radius 3 is 2.47 bits per heavy atom. The second-order valence-corrected chi connectivity index (χ2v) is 3.92. The van der Waals surface area contributed by atoms with E-state index in [9.17, 15) is 0 Å². The third-order valence-electron chi connectivity index (χ3n) is 2.72. The van der Waals surface area contributed by atoms with E-state index in [0.717, 1.165) is 11.4 Å². The van der Waals surface area contributed by atoms with Gasteiger partial charge in [-0.1, -0.05) is 0 Å². The number of anilines is 1. The van der Waals surface area contributed by atoms with Gasteiger partial charge in [0.15, 0.2) is 0 Å². The van der Waals surface area contributed by atoms with E-state index in [1.807, 2.05) is 13.8 Å². The molecule has 0 saturated carbocycles. The number of imidazole rings is 1. The fourth-order valence-corrected chi connectivity index (χ4v) is 1.59. The minimum Gasteiger partial charge on any atom is -0.368 e. The van der Waals surface area contributed by atoms with Crippen LogP contribution in [0, 0.1) is 13.8 Å². The predicted octanol–water partition coefficient (Wildman–Crippen LogP) is -0.163. The molecule has 9 heteroatoms. The van der Waals surface area contributed by atoms with Crippen molar-refractivity contribution in [2.75, 3.05) is 5.73 Å². The largest absolute Gasteiger partial charge is 0.368 e. The first-order valence-corrected chi connectivity index (χ1v) is 5.52. The summed E-state index contributed by atoms with van der Waals surface area (Å²) in [5.74, 6) is 0.822. The molecule has 3 aromatic rings. The van der Waals surface area contributed by atoms with Crippen molar-refractivity contribution in [3.63, 3.8) is 0 Å². The van der Waals surface area contributed by atoms with Crippen molar-refractivity contribution in [1.29, 1.82) is 0 Å². The summed E-state index contributed by atoms with van der Waals surface area (Å²) in [7, 11) is 0. The first kappa shape index (κ1) is 11.3. The SMILES string of the molecule is Cc1ncn(-c2nc(N)nc(-n3cncn3)n2)c1C. The van der Waals surface area contributed by atoms with Crippen LogP contribution in [-0.2, 0) is 0 Å².